The van der Waals surface area contributed by atoms with E-state index in [-0.39, 0.29) is 5.48 Å². The SMILES string of the molecule is O.c1ccc(-n2c(-c3ccccc3-n3c4ccccc4c4ccccc43)nc3ccccc32)cc1. The zero-order valence-electron chi connectivity index (χ0n) is 19.0. The van der Waals surface area contributed by atoms with Gasteiger partial charge in [0.2, 0.25) is 0 Å². The maximum Gasteiger partial charge on any atom is 0.147 e. The van der Waals surface area contributed by atoms with Crippen molar-refractivity contribution in [3.63, 3.8) is 0 Å². The zero-order chi connectivity index (χ0) is 22.5. The summed E-state index contributed by atoms with van der Waals surface area (Å²) in [5.41, 5.74) is 7.78. The molecule has 7 aromatic rings. The van der Waals surface area contributed by atoms with Crippen molar-refractivity contribution in [2.75, 3.05) is 0 Å². The van der Waals surface area contributed by atoms with Crippen LogP contribution in [-0.2, 0) is 0 Å². The van der Waals surface area contributed by atoms with Crippen LogP contribution in [0.4, 0.5) is 0 Å². The van der Waals surface area contributed by atoms with E-state index in [0.29, 0.717) is 0 Å². The molecule has 0 aliphatic carbocycles. The largest absolute Gasteiger partial charge is 0.412 e. The van der Waals surface area contributed by atoms with Gasteiger partial charge in [0.15, 0.2) is 0 Å². The van der Waals surface area contributed by atoms with Crippen LogP contribution in [0.1, 0.15) is 0 Å². The molecule has 0 aliphatic heterocycles. The number of hydrogen-bond acceptors (Lipinski definition) is 1. The number of nitrogens with zero attached hydrogens (tertiary/aromatic N) is 3. The van der Waals surface area contributed by atoms with E-state index in [1.165, 1.54) is 21.8 Å². The zero-order valence-corrected chi connectivity index (χ0v) is 19.0. The highest BCUT2D eigenvalue weighted by molar-refractivity contribution is 6.09. The fraction of sp³-hybridized carbons (Fsp3) is 0. The first-order chi connectivity index (χ1) is 16.9. The van der Waals surface area contributed by atoms with Crippen molar-refractivity contribution in [3.05, 3.63) is 127 Å². The molecule has 168 valence electrons. The highest BCUT2D eigenvalue weighted by Crippen LogP contribution is 2.37. The smallest absolute Gasteiger partial charge is 0.147 e. The van der Waals surface area contributed by atoms with Gasteiger partial charge in [-0.05, 0) is 48.5 Å². The normalized spacial score (nSPS) is 11.2. The molecule has 4 heteroatoms. The minimum Gasteiger partial charge on any atom is -0.412 e. The lowest BCUT2D eigenvalue weighted by Gasteiger charge is -2.15. The highest BCUT2D eigenvalue weighted by Gasteiger charge is 2.20. The lowest BCUT2D eigenvalue weighted by atomic mass is 10.1. The summed E-state index contributed by atoms with van der Waals surface area (Å²) in [6, 6.07) is 44.7. The molecule has 0 unspecified atom stereocenters. The van der Waals surface area contributed by atoms with Crippen molar-refractivity contribution >= 4 is 32.8 Å². The topological polar surface area (TPSA) is 54.2 Å². The number of rotatable bonds is 3. The van der Waals surface area contributed by atoms with Crippen molar-refractivity contribution in [1.29, 1.82) is 0 Å². The minimum atomic E-state index is 0. The van der Waals surface area contributed by atoms with Gasteiger partial charge in [-0.15, -0.1) is 0 Å². The Balaban J connectivity index is 0.00000229. The lowest BCUT2D eigenvalue weighted by Crippen LogP contribution is -2.02. The van der Waals surface area contributed by atoms with E-state index < -0.39 is 0 Å². The molecule has 7 rings (SSSR count). The summed E-state index contributed by atoms with van der Waals surface area (Å²) in [7, 11) is 0. The standard InChI is InChI=1S/C31H21N3.H2O/c1-2-12-22(13-3-1)33-30-21-11-7-17-26(30)32-31(33)25-16-6-10-20-29(25)34-27-18-8-4-14-23(27)24-15-5-9-19-28(24)34;/h1-21H;1H2. The van der Waals surface area contributed by atoms with Crippen LogP contribution in [-0.4, -0.2) is 19.6 Å². The predicted octanol–water partition coefficient (Wildman–Crippen LogP) is 6.96. The number of benzene rings is 5. The highest BCUT2D eigenvalue weighted by atomic mass is 16.0. The molecule has 35 heavy (non-hydrogen) atoms. The lowest BCUT2D eigenvalue weighted by molar-refractivity contribution is 0.824. The van der Waals surface area contributed by atoms with Crippen molar-refractivity contribution in [1.82, 2.24) is 14.1 Å². The van der Waals surface area contributed by atoms with Gasteiger partial charge < -0.3 is 10.0 Å². The van der Waals surface area contributed by atoms with E-state index >= 15 is 0 Å². The Bertz CT molecular complexity index is 1760. The van der Waals surface area contributed by atoms with Crippen LogP contribution in [0.5, 0.6) is 0 Å². The summed E-state index contributed by atoms with van der Waals surface area (Å²) < 4.78 is 4.64. The molecule has 0 aliphatic rings. The van der Waals surface area contributed by atoms with E-state index in [9.17, 15) is 0 Å². The third-order valence-electron chi connectivity index (χ3n) is 6.54. The molecular formula is C31H23N3O. The van der Waals surface area contributed by atoms with Crippen molar-refractivity contribution < 1.29 is 5.48 Å². The average Bonchev–Trinajstić information content (AvgIpc) is 3.45. The second-order valence-corrected chi connectivity index (χ2v) is 8.48. The van der Waals surface area contributed by atoms with Gasteiger partial charge >= 0.3 is 0 Å². The second-order valence-electron chi connectivity index (χ2n) is 8.48. The molecule has 0 radical (unpaired) electrons. The van der Waals surface area contributed by atoms with Crippen LogP contribution in [0.3, 0.4) is 0 Å². The second kappa shape index (κ2) is 8.28. The Hall–Kier alpha value is -4.67. The summed E-state index contributed by atoms with van der Waals surface area (Å²) in [4.78, 5) is 5.14. The van der Waals surface area contributed by atoms with E-state index in [0.717, 1.165) is 33.8 Å². The van der Waals surface area contributed by atoms with Crippen LogP contribution < -0.4 is 0 Å². The fourth-order valence-corrected chi connectivity index (χ4v) is 5.08. The number of hydrogen-bond donors (Lipinski definition) is 0. The molecule has 0 saturated carbocycles. The molecule has 0 saturated heterocycles. The van der Waals surface area contributed by atoms with Crippen LogP contribution in [0.25, 0.3) is 55.6 Å². The summed E-state index contributed by atoms with van der Waals surface area (Å²) in [5, 5.41) is 2.51. The Morgan fingerprint density at radius 2 is 1.00 bits per heavy atom. The van der Waals surface area contributed by atoms with Crippen LogP contribution in [0.15, 0.2) is 127 Å². The summed E-state index contributed by atoms with van der Waals surface area (Å²) in [6.45, 7) is 0. The van der Waals surface area contributed by atoms with E-state index in [1.54, 1.807) is 0 Å². The van der Waals surface area contributed by atoms with E-state index in [4.69, 9.17) is 4.98 Å². The third kappa shape index (κ3) is 3.15. The minimum absolute atomic E-state index is 0. The van der Waals surface area contributed by atoms with Crippen LogP contribution in [0, 0.1) is 0 Å². The van der Waals surface area contributed by atoms with Crippen molar-refractivity contribution in [2.45, 2.75) is 0 Å². The molecule has 2 heterocycles. The molecule has 0 amide bonds. The first-order valence-corrected chi connectivity index (χ1v) is 11.5. The monoisotopic (exact) mass is 453 g/mol. The molecule has 2 N–H and O–H groups in total. The number of imidazole rings is 1. The molecule has 2 aromatic heterocycles. The number of fused-ring (bicyclic) bond motifs is 4. The predicted molar refractivity (Wildman–Crippen MR) is 144 cm³/mol. The fourth-order valence-electron chi connectivity index (χ4n) is 5.08. The molecular weight excluding hydrogens is 430 g/mol. The molecule has 0 fully saturated rings. The van der Waals surface area contributed by atoms with Gasteiger partial charge in [-0.1, -0.05) is 78.9 Å². The van der Waals surface area contributed by atoms with Crippen molar-refractivity contribution in [2.24, 2.45) is 0 Å². The van der Waals surface area contributed by atoms with E-state index in [1.807, 2.05) is 12.1 Å². The first kappa shape index (κ1) is 20.9. The average molecular weight is 454 g/mol. The van der Waals surface area contributed by atoms with Crippen LogP contribution in [0.2, 0.25) is 0 Å². The number of aromatic nitrogens is 3. The van der Waals surface area contributed by atoms with Crippen LogP contribution >= 0.6 is 0 Å². The van der Waals surface area contributed by atoms with Crippen molar-refractivity contribution in [3.8, 4) is 22.8 Å². The number of para-hydroxylation sites is 6. The Morgan fingerprint density at radius 1 is 0.457 bits per heavy atom. The van der Waals surface area contributed by atoms with Gasteiger partial charge in [-0.3, -0.25) is 4.57 Å². The van der Waals surface area contributed by atoms with Gasteiger partial charge in [-0.2, -0.15) is 0 Å². The Labute approximate surface area is 202 Å². The summed E-state index contributed by atoms with van der Waals surface area (Å²) in [5.74, 6) is 0.935. The quantitative estimate of drug-likeness (QED) is 0.285. The summed E-state index contributed by atoms with van der Waals surface area (Å²) in [6.07, 6.45) is 0. The molecule has 5 aromatic carbocycles. The van der Waals surface area contributed by atoms with Gasteiger partial charge in [0.25, 0.3) is 0 Å². The Morgan fingerprint density at radius 3 is 1.71 bits per heavy atom. The van der Waals surface area contributed by atoms with Gasteiger partial charge in [0.05, 0.1) is 27.8 Å². The van der Waals surface area contributed by atoms with E-state index in [2.05, 4.69) is 124 Å². The molecule has 4 nitrogen and oxygen atoms in total. The first-order valence-electron chi connectivity index (χ1n) is 11.5. The maximum absolute atomic E-state index is 5.14. The summed E-state index contributed by atoms with van der Waals surface area (Å²) >= 11 is 0. The maximum atomic E-state index is 5.14. The van der Waals surface area contributed by atoms with Gasteiger partial charge in [0, 0.05) is 22.0 Å². The molecule has 0 spiro atoms. The molecule has 0 bridgehead atoms. The Kier molecular flexibility index (Phi) is 4.94. The van der Waals surface area contributed by atoms with Gasteiger partial charge in [0.1, 0.15) is 5.82 Å². The van der Waals surface area contributed by atoms with Gasteiger partial charge in [-0.25, -0.2) is 4.98 Å². The molecule has 0 atom stereocenters. The third-order valence-corrected chi connectivity index (χ3v) is 6.54.